The fourth-order valence-electron chi connectivity index (χ4n) is 5.88. The van der Waals surface area contributed by atoms with Crippen LogP contribution in [-0.4, -0.2) is 50.0 Å². The fourth-order valence-corrected chi connectivity index (χ4v) is 5.88. The van der Waals surface area contributed by atoms with Gasteiger partial charge >= 0.3 is 12.4 Å². The largest absolute Gasteiger partial charge is 0.487 e. The number of ether oxygens (including phenoxy) is 2. The molecule has 3 aromatic rings. The van der Waals surface area contributed by atoms with Crippen LogP contribution in [0.3, 0.4) is 0 Å². The smallest absolute Gasteiger partial charge is 0.416 e. The number of hydrogen-bond donors (Lipinski definition) is 4. The zero-order chi connectivity index (χ0) is 34.6. The van der Waals surface area contributed by atoms with Gasteiger partial charge in [-0.05, 0) is 61.3 Å². The van der Waals surface area contributed by atoms with E-state index in [1.165, 1.54) is 0 Å². The van der Waals surface area contributed by atoms with Crippen LogP contribution in [0.2, 0.25) is 0 Å². The zero-order valence-corrected chi connectivity index (χ0v) is 25.9. The SMILES string of the molecule is Nc1cc(C(F)(F)F)cc(CC(=O)Cc2ccc(CC(=O)Cc3cc(C(F)(F)F)cc(N)c3OC3CCNC3)cc2)c1OC1CCNC1. The molecule has 0 spiro atoms. The third kappa shape index (κ3) is 8.98. The number of rotatable bonds is 12. The first-order chi connectivity index (χ1) is 22.7. The van der Waals surface area contributed by atoms with Crippen LogP contribution in [0.5, 0.6) is 11.5 Å². The van der Waals surface area contributed by atoms with E-state index < -0.39 is 23.5 Å². The predicted octanol–water partition coefficient (Wildman–Crippen LogP) is 5.08. The van der Waals surface area contributed by atoms with Gasteiger partial charge in [-0.1, -0.05) is 24.3 Å². The lowest BCUT2D eigenvalue weighted by molar-refractivity contribution is -0.138. The van der Waals surface area contributed by atoms with Crippen molar-refractivity contribution < 1.29 is 45.4 Å². The van der Waals surface area contributed by atoms with Crippen LogP contribution in [0.1, 0.15) is 46.2 Å². The van der Waals surface area contributed by atoms with Gasteiger partial charge in [0.2, 0.25) is 0 Å². The minimum absolute atomic E-state index is 0.0456. The summed E-state index contributed by atoms with van der Waals surface area (Å²) in [4.78, 5) is 26.1. The summed E-state index contributed by atoms with van der Waals surface area (Å²) >= 11 is 0. The number of hydrogen-bond acceptors (Lipinski definition) is 8. The number of carbonyl (C=O) groups excluding carboxylic acids is 2. The third-order valence-corrected chi connectivity index (χ3v) is 8.24. The molecule has 2 fully saturated rings. The maximum atomic E-state index is 13.5. The first kappa shape index (κ1) is 35.0. The van der Waals surface area contributed by atoms with E-state index >= 15 is 0 Å². The molecule has 0 aliphatic carbocycles. The molecule has 3 aromatic carbocycles. The van der Waals surface area contributed by atoms with E-state index in [4.69, 9.17) is 20.9 Å². The molecule has 2 heterocycles. The molecule has 6 N–H and O–H groups in total. The summed E-state index contributed by atoms with van der Waals surface area (Å²) in [6, 6.07) is 9.85. The van der Waals surface area contributed by atoms with E-state index in [1.807, 2.05) is 0 Å². The number of nitrogens with one attached hydrogen (secondary N) is 2. The van der Waals surface area contributed by atoms with E-state index in [1.54, 1.807) is 24.3 Å². The Hall–Kier alpha value is -4.30. The molecule has 0 saturated carbocycles. The van der Waals surface area contributed by atoms with Crippen molar-refractivity contribution in [1.82, 2.24) is 10.6 Å². The van der Waals surface area contributed by atoms with Crippen LogP contribution in [0.15, 0.2) is 48.5 Å². The molecule has 0 aromatic heterocycles. The molecule has 0 amide bonds. The lowest BCUT2D eigenvalue weighted by Gasteiger charge is -2.20. The Morgan fingerprint density at radius 3 is 1.33 bits per heavy atom. The van der Waals surface area contributed by atoms with Crippen molar-refractivity contribution in [3.8, 4) is 11.5 Å². The summed E-state index contributed by atoms with van der Waals surface area (Å²) in [7, 11) is 0. The normalized spacial score (nSPS) is 18.2. The number of anilines is 2. The lowest BCUT2D eigenvalue weighted by Crippen LogP contribution is -2.22. The molecule has 2 atom stereocenters. The Morgan fingerprint density at radius 1 is 0.646 bits per heavy atom. The van der Waals surface area contributed by atoms with Crippen LogP contribution in [-0.2, 0) is 47.6 Å². The summed E-state index contributed by atoms with van der Waals surface area (Å²) in [5.41, 5.74) is 10.8. The lowest BCUT2D eigenvalue weighted by atomic mass is 9.97. The number of nitrogens with two attached hydrogens (primary N) is 2. The minimum Gasteiger partial charge on any atom is -0.487 e. The van der Waals surface area contributed by atoms with Crippen LogP contribution < -0.4 is 31.6 Å². The zero-order valence-electron chi connectivity index (χ0n) is 25.9. The van der Waals surface area contributed by atoms with E-state index in [-0.39, 0.29) is 83.5 Å². The van der Waals surface area contributed by atoms with Gasteiger partial charge in [0.05, 0.1) is 22.5 Å². The minimum atomic E-state index is -4.66. The molecule has 2 aliphatic heterocycles. The van der Waals surface area contributed by atoms with Gasteiger partial charge in [0.15, 0.2) is 0 Å². The van der Waals surface area contributed by atoms with Crippen LogP contribution in [0.25, 0.3) is 0 Å². The van der Waals surface area contributed by atoms with E-state index in [9.17, 15) is 35.9 Å². The Bertz CT molecular complexity index is 1510. The molecular formula is C34H36F6N4O4. The highest BCUT2D eigenvalue weighted by Crippen LogP contribution is 2.39. The Labute approximate surface area is 273 Å². The quantitative estimate of drug-likeness (QED) is 0.154. The molecule has 5 rings (SSSR count). The van der Waals surface area contributed by atoms with Crippen molar-refractivity contribution in [3.63, 3.8) is 0 Å². The Kier molecular flexibility index (Phi) is 10.5. The van der Waals surface area contributed by atoms with E-state index in [0.717, 1.165) is 24.3 Å². The number of Topliss-reactive ketones (excluding diaryl/α,β-unsaturated/α-hetero) is 2. The van der Waals surface area contributed by atoms with Gasteiger partial charge in [0.1, 0.15) is 35.3 Å². The Balaban J connectivity index is 1.25. The molecule has 14 heteroatoms. The maximum Gasteiger partial charge on any atom is 0.416 e. The van der Waals surface area contributed by atoms with Crippen LogP contribution in [0, 0.1) is 0 Å². The molecule has 2 saturated heterocycles. The maximum absolute atomic E-state index is 13.5. The summed E-state index contributed by atoms with van der Waals surface area (Å²) < 4.78 is 93.0. The molecule has 2 unspecified atom stereocenters. The molecular weight excluding hydrogens is 642 g/mol. The molecule has 48 heavy (non-hydrogen) atoms. The van der Waals surface area contributed by atoms with Crippen molar-refractivity contribution in [2.24, 2.45) is 0 Å². The number of ketones is 2. The monoisotopic (exact) mass is 678 g/mol. The fraction of sp³-hybridized carbons (Fsp3) is 0.412. The van der Waals surface area contributed by atoms with Gasteiger partial charge in [-0.3, -0.25) is 9.59 Å². The third-order valence-electron chi connectivity index (χ3n) is 8.24. The van der Waals surface area contributed by atoms with Gasteiger partial charge < -0.3 is 31.6 Å². The van der Waals surface area contributed by atoms with E-state index in [2.05, 4.69) is 10.6 Å². The summed E-state index contributed by atoms with van der Waals surface area (Å²) in [6.45, 7) is 2.39. The first-order valence-electron chi connectivity index (χ1n) is 15.5. The van der Waals surface area contributed by atoms with Gasteiger partial charge in [-0.2, -0.15) is 26.3 Å². The highest BCUT2D eigenvalue weighted by molar-refractivity contribution is 5.86. The number of alkyl halides is 6. The van der Waals surface area contributed by atoms with Crippen LogP contribution >= 0.6 is 0 Å². The van der Waals surface area contributed by atoms with Crippen molar-refractivity contribution >= 4 is 22.9 Å². The van der Waals surface area contributed by atoms with Crippen LogP contribution in [0.4, 0.5) is 37.7 Å². The Morgan fingerprint density at radius 2 is 1.02 bits per heavy atom. The number of halogens is 6. The standard InChI is InChI=1S/C34H36F6N4O4/c35-33(36,37)23-11-21(31(29(41)15-23)47-27-5-7-43-17-27)13-25(45)9-19-1-2-20(4-3-19)10-26(46)14-22-12-24(34(38,39)40)16-30(42)32(22)48-28-6-8-44-18-28/h1-4,11-12,15-16,27-28,43-44H,5-10,13-14,17-18,41-42H2. The van der Waals surface area contributed by atoms with E-state index in [0.29, 0.717) is 50.1 Å². The first-order valence-corrected chi connectivity index (χ1v) is 15.5. The topological polar surface area (TPSA) is 129 Å². The predicted molar refractivity (Wildman–Crippen MR) is 167 cm³/mol. The van der Waals surface area contributed by atoms with Crippen molar-refractivity contribution in [2.45, 2.75) is 63.1 Å². The second kappa shape index (κ2) is 14.4. The summed E-state index contributed by atoms with van der Waals surface area (Å²) in [5.74, 6) is -0.622. The van der Waals surface area contributed by atoms with Gasteiger partial charge in [-0.15, -0.1) is 0 Å². The van der Waals surface area contributed by atoms with Crippen molar-refractivity contribution in [2.75, 3.05) is 37.6 Å². The molecule has 2 aliphatic rings. The second-order valence-electron chi connectivity index (χ2n) is 12.2. The van der Waals surface area contributed by atoms with Gasteiger partial charge in [0, 0.05) is 49.9 Å². The molecule has 8 nitrogen and oxygen atoms in total. The van der Waals surface area contributed by atoms with Crippen molar-refractivity contribution in [1.29, 1.82) is 0 Å². The van der Waals surface area contributed by atoms with Gasteiger partial charge in [0.25, 0.3) is 0 Å². The van der Waals surface area contributed by atoms with Crippen molar-refractivity contribution in [3.05, 3.63) is 81.9 Å². The number of carbonyl (C=O) groups is 2. The summed E-state index contributed by atoms with van der Waals surface area (Å²) in [6.07, 6.45) is -9.51. The van der Waals surface area contributed by atoms with Gasteiger partial charge in [-0.25, -0.2) is 0 Å². The molecule has 0 radical (unpaired) electrons. The number of nitrogen functional groups attached to an aromatic ring is 2. The molecule has 0 bridgehead atoms. The highest BCUT2D eigenvalue weighted by Gasteiger charge is 2.34. The average Bonchev–Trinajstić information content (AvgIpc) is 3.71. The molecule has 258 valence electrons. The number of benzene rings is 3. The second-order valence-corrected chi connectivity index (χ2v) is 12.2. The average molecular weight is 679 g/mol. The summed E-state index contributed by atoms with van der Waals surface area (Å²) in [5, 5.41) is 6.21. The highest BCUT2D eigenvalue weighted by atomic mass is 19.4.